The highest BCUT2D eigenvalue weighted by Crippen LogP contribution is 2.52. The topological polar surface area (TPSA) is 114 Å². The Morgan fingerprint density at radius 3 is 2.53 bits per heavy atom. The van der Waals surface area contributed by atoms with Gasteiger partial charge in [-0.2, -0.15) is 13.5 Å². The van der Waals surface area contributed by atoms with E-state index in [9.17, 15) is 18.3 Å². The van der Waals surface area contributed by atoms with Crippen molar-refractivity contribution in [3.63, 3.8) is 0 Å². The molecule has 2 atom stereocenters. The summed E-state index contributed by atoms with van der Waals surface area (Å²) in [6.45, 7) is 3.95. The Morgan fingerprint density at radius 1 is 1.13 bits per heavy atom. The number of nitrogens with one attached hydrogen (secondary N) is 1. The van der Waals surface area contributed by atoms with Crippen molar-refractivity contribution >= 4 is 15.9 Å². The molecule has 4 aromatic rings. The van der Waals surface area contributed by atoms with Crippen LogP contribution in [0.5, 0.6) is 5.75 Å². The monoisotopic (exact) mass is 533 g/mol. The largest absolute Gasteiger partial charge is 0.507 e. The number of nitrogens with zero attached hydrogens (tertiary/aromatic N) is 2. The van der Waals surface area contributed by atoms with Crippen LogP contribution in [-0.4, -0.2) is 22.7 Å². The van der Waals surface area contributed by atoms with Crippen LogP contribution in [0.25, 0.3) is 0 Å². The first kappa shape index (κ1) is 25.8. The standard InChI is InChI=1S/C29H31N3O5S/c1-3-21(17-20-9-5-4-6-10-20)26-19-25(33)27(28(34)37-26)29(2,22-13-14-22)23-11-7-12-24(18-23)31-38(35,36)32-16-8-15-30-32/h4-12,15-16,18-19,21-22,31,33H,3,13-14,17H2,1-2H3. The SMILES string of the molecule is CCC(Cc1ccccc1)c1cc(O)c(C(C)(c2cccc(NS(=O)(=O)n3cccn3)c2)C2CC2)c(=O)o1. The van der Waals surface area contributed by atoms with E-state index in [1.165, 1.54) is 18.5 Å². The minimum Gasteiger partial charge on any atom is -0.507 e. The number of benzene rings is 2. The summed E-state index contributed by atoms with van der Waals surface area (Å²) in [5.74, 6) is 0.407. The Hall–Kier alpha value is -3.85. The number of aromatic hydroxyl groups is 1. The molecule has 0 aliphatic heterocycles. The van der Waals surface area contributed by atoms with Gasteiger partial charge in [-0.3, -0.25) is 4.72 Å². The summed E-state index contributed by atoms with van der Waals surface area (Å²) in [6.07, 6.45) is 5.92. The summed E-state index contributed by atoms with van der Waals surface area (Å²) in [6, 6.07) is 20.0. The Bertz CT molecular complexity index is 1580. The average Bonchev–Trinajstić information content (AvgIpc) is 3.60. The van der Waals surface area contributed by atoms with Gasteiger partial charge in [-0.05, 0) is 60.9 Å². The second-order valence-corrected chi connectivity index (χ2v) is 11.6. The third kappa shape index (κ3) is 4.98. The molecule has 0 saturated heterocycles. The fourth-order valence-electron chi connectivity index (χ4n) is 5.27. The Balaban J connectivity index is 1.51. The molecule has 198 valence electrons. The van der Waals surface area contributed by atoms with Gasteiger partial charge in [0.2, 0.25) is 0 Å². The lowest BCUT2D eigenvalue weighted by atomic mass is 9.72. The molecule has 1 aliphatic rings. The maximum atomic E-state index is 13.5. The number of aromatic nitrogens is 2. The Morgan fingerprint density at radius 2 is 1.89 bits per heavy atom. The van der Waals surface area contributed by atoms with Crippen molar-refractivity contribution in [2.24, 2.45) is 5.92 Å². The van der Waals surface area contributed by atoms with Gasteiger partial charge in [-0.1, -0.05) is 56.3 Å². The molecular formula is C29H31N3O5S. The van der Waals surface area contributed by atoms with E-state index >= 15 is 0 Å². The molecule has 2 aromatic heterocycles. The Labute approximate surface area is 222 Å². The fraction of sp³-hybridized carbons (Fsp3) is 0.310. The van der Waals surface area contributed by atoms with Gasteiger partial charge in [0.25, 0.3) is 0 Å². The lowest BCUT2D eigenvalue weighted by molar-refractivity contribution is 0.357. The second kappa shape index (κ2) is 10.1. The first-order valence-electron chi connectivity index (χ1n) is 12.8. The molecule has 2 aromatic carbocycles. The third-order valence-electron chi connectivity index (χ3n) is 7.52. The molecule has 38 heavy (non-hydrogen) atoms. The first-order valence-corrected chi connectivity index (χ1v) is 14.2. The maximum Gasteiger partial charge on any atom is 0.343 e. The van der Waals surface area contributed by atoms with Crippen LogP contribution in [0.2, 0.25) is 0 Å². The van der Waals surface area contributed by atoms with Crippen molar-refractivity contribution in [2.45, 2.75) is 50.9 Å². The third-order valence-corrected chi connectivity index (χ3v) is 8.72. The minimum absolute atomic E-state index is 0.0581. The van der Waals surface area contributed by atoms with Gasteiger partial charge in [0, 0.05) is 23.6 Å². The predicted octanol–water partition coefficient (Wildman–Crippen LogP) is 5.20. The highest BCUT2D eigenvalue weighted by atomic mass is 32.2. The van der Waals surface area contributed by atoms with Gasteiger partial charge in [-0.15, -0.1) is 4.09 Å². The molecule has 0 spiro atoms. The van der Waals surface area contributed by atoms with E-state index in [4.69, 9.17) is 4.42 Å². The molecule has 1 saturated carbocycles. The van der Waals surface area contributed by atoms with E-state index in [2.05, 4.69) is 9.82 Å². The number of rotatable bonds is 10. The molecule has 2 N–H and O–H groups in total. The van der Waals surface area contributed by atoms with E-state index in [0.29, 0.717) is 23.4 Å². The molecule has 8 nitrogen and oxygen atoms in total. The lowest BCUT2D eigenvalue weighted by Crippen LogP contribution is -2.33. The van der Waals surface area contributed by atoms with E-state index in [-0.39, 0.29) is 23.1 Å². The molecule has 5 rings (SSSR count). The van der Waals surface area contributed by atoms with E-state index in [1.807, 2.05) is 50.2 Å². The second-order valence-electron chi connectivity index (χ2n) is 10.0. The zero-order chi connectivity index (χ0) is 26.9. The van der Waals surface area contributed by atoms with Gasteiger partial charge in [-0.25, -0.2) is 4.79 Å². The smallest absolute Gasteiger partial charge is 0.343 e. The van der Waals surface area contributed by atoms with Crippen molar-refractivity contribution < 1.29 is 17.9 Å². The summed E-state index contributed by atoms with van der Waals surface area (Å²) in [7, 11) is -3.94. The number of anilines is 1. The average molecular weight is 534 g/mol. The van der Waals surface area contributed by atoms with E-state index < -0.39 is 21.2 Å². The van der Waals surface area contributed by atoms with Gasteiger partial charge < -0.3 is 9.52 Å². The van der Waals surface area contributed by atoms with Crippen molar-refractivity contribution in [1.29, 1.82) is 0 Å². The number of hydrogen-bond acceptors (Lipinski definition) is 6. The van der Waals surface area contributed by atoms with Crippen molar-refractivity contribution in [2.75, 3.05) is 4.72 Å². The van der Waals surface area contributed by atoms with Crippen LogP contribution in [0.1, 0.15) is 61.5 Å². The maximum absolute atomic E-state index is 13.5. The lowest BCUT2D eigenvalue weighted by Gasteiger charge is -2.31. The molecule has 1 aliphatic carbocycles. The van der Waals surface area contributed by atoms with Crippen LogP contribution in [0.3, 0.4) is 0 Å². The van der Waals surface area contributed by atoms with Crippen LogP contribution < -0.4 is 10.3 Å². The van der Waals surface area contributed by atoms with Crippen LogP contribution in [0.4, 0.5) is 5.69 Å². The summed E-state index contributed by atoms with van der Waals surface area (Å²) >= 11 is 0. The van der Waals surface area contributed by atoms with Crippen molar-refractivity contribution in [3.05, 3.63) is 112 Å². The highest BCUT2D eigenvalue weighted by Gasteiger charge is 2.48. The molecule has 0 radical (unpaired) electrons. The van der Waals surface area contributed by atoms with Gasteiger partial charge in [0.15, 0.2) is 0 Å². The highest BCUT2D eigenvalue weighted by molar-refractivity contribution is 7.91. The van der Waals surface area contributed by atoms with Crippen molar-refractivity contribution in [1.82, 2.24) is 9.19 Å². The van der Waals surface area contributed by atoms with Crippen LogP contribution >= 0.6 is 0 Å². The van der Waals surface area contributed by atoms with Crippen molar-refractivity contribution in [3.8, 4) is 5.75 Å². The van der Waals surface area contributed by atoms with Crippen LogP contribution in [-0.2, 0) is 22.0 Å². The minimum atomic E-state index is -3.94. The summed E-state index contributed by atoms with van der Waals surface area (Å²) in [5.41, 5.74) is 0.945. The molecule has 2 heterocycles. The Kier molecular flexibility index (Phi) is 6.88. The van der Waals surface area contributed by atoms with Crippen LogP contribution in [0, 0.1) is 5.92 Å². The summed E-state index contributed by atoms with van der Waals surface area (Å²) in [5, 5.41) is 15.1. The molecule has 2 unspecified atom stereocenters. The summed E-state index contributed by atoms with van der Waals surface area (Å²) < 4.78 is 34.6. The molecule has 0 amide bonds. The zero-order valence-electron chi connectivity index (χ0n) is 21.4. The van der Waals surface area contributed by atoms with Gasteiger partial charge in [0.05, 0.1) is 17.4 Å². The first-order chi connectivity index (χ1) is 18.2. The molecule has 0 bridgehead atoms. The van der Waals surface area contributed by atoms with E-state index in [1.54, 1.807) is 24.3 Å². The normalized spacial score (nSPS) is 16.1. The summed E-state index contributed by atoms with van der Waals surface area (Å²) in [4.78, 5) is 13.5. The molecule has 9 heteroatoms. The number of hydrogen-bond donors (Lipinski definition) is 2. The molecule has 1 fully saturated rings. The fourth-order valence-corrected chi connectivity index (χ4v) is 6.19. The van der Waals surface area contributed by atoms with Gasteiger partial charge >= 0.3 is 15.8 Å². The van der Waals surface area contributed by atoms with E-state index in [0.717, 1.165) is 28.9 Å². The van der Waals surface area contributed by atoms with Crippen LogP contribution in [0.15, 0.2) is 88.3 Å². The molecular weight excluding hydrogens is 502 g/mol. The predicted molar refractivity (Wildman–Crippen MR) is 146 cm³/mol. The van der Waals surface area contributed by atoms with Gasteiger partial charge in [0.1, 0.15) is 11.5 Å². The zero-order valence-corrected chi connectivity index (χ0v) is 22.2. The quantitative estimate of drug-likeness (QED) is 0.290.